The maximum Gasteiger partial charge on any atom is 0.222 e. The molecule has 0 bridgehead atoms. The molecule has 0 spiro atoms. The summed E-state index contributed by atoms with van der Waals surface area (Å²) in [6.45, 7) is 9.23. The molecule has 0 aliphatic rings. The van der Waals surface area contributed by atoms with E-state index in [1.807, 2.05) is 37.4 Å². The zero-order valence-corrected chi connectivity index (χ0v) is 21.3. The van der Waals surface area contributed by atoms with Crippen LogP contribution in [-0.4, -0.2) is 52.2 Å². The van der Waals surface area contributed by atoms with E-state index in [1.165, 1.54) is 12.1 Å². The third-order valence-corrected chi connectivity index (χ3v) is 5.59. The molecule has 0 aliphatic carbocycles. The molecule has 1 N–H and O–H groups in total. The largest absolute Gasteiger partial charge is 0.439 e. The van der Waals surface area contributed by atoms with Crippen molar-refractivity contribution in [2.75, 3.05) is 26.3 Å². The van der Waals surface area contributed by atoms with E-state index in [2.05, 4.69) is 25.7 Å². The molecule has 0 aliphatic heterocycles. The predicted molar refractivity (Wildman–Crippen MR) is 137 cm³/mol. The van der Waals surface area contributed by atoms with E-state index in [9.17, 15) is 9.50 Å². The number of aliphatic hydroxyl groups excluding tert-OH is 1. The highest BCUT2D eigenvalue weighted by molar-refractivity contribution is 5.65. The lowest BCUT2D eigenvalue weighted by molar-refractivity contribution is 0.0124. The van der Waals surface area contributed by atoms with Crippen LogP contribution in [0.2, 0.25) is 0 Å². The second kappa shape index (κ2) is 13.4. The normalized spacial score (nSPS) is 12.5. The molecule has 6 nitrogen and oxygen atoms in total. The number of hydrogen-bond donors (Lipinski definition) is 1. The molecule has 0 fully saturated rings. The monoisotopic (exact) mass is 483 g/mol. The molecule has 190 valence electrons. The molecule has 1 unspecified atom stereocenters. The van der Waals surface area contributed by atoms with Crippen LogP contribution in [0.25, 0.3) is 11.3 Å². The zero-order valence-electron chi connectivity index (χ0n) is 21.3. The van der Waals surface area contributed by atoms with Gasteiger partial charge in [0, 0.05) is 38.9 Å². The molecule has 0 amide bonds. The maximum atomic E-state index is 13.4. The molecule has 3 rings (SSSR count). The summed E-state index contributed by atoms with van der Waals surface area (Å²) in [5, 5.41) is 15.5. The first-order valence-electron chi connectivity index (χ1n) is 12.4. The Morgan fingerprint density at radius 2 is 1.77 bits per heavy atom. The lowest BCUT2D eigenvalue weighted by Gasteiger charge is -2.27. The molecule has 2 aromatic carbocycles. The summed E-state index contributed by atoms with van der Waals surface area (Å²) in [6, 6.07) is 16.0. The van der Waals surface area contributed by atoms with E-state index in [1.54, 1.807) is 16.8 Å². The molecular formula is C28H38FN3O3. The Balaban J connectivity index is 1.89. The minimum atomic E-state index is -0.594. The van der Waals surface area contributed by atoms with E-state index >= 15 is 0 Å². The van der Waals surface area contributed by atoms with Crippen molar-refractivity contribution in [3.05, 3.63) is 66.0 Å². The Morgan fingerprint density at radius 3 is 2.43 bits per heavy atom. The average Bonchev–Trinajstić information content (AvgIpc) is 3.13. The quantitative estimate of drug-likeness (QED) is 0.300. The van der Waals surface area contributed by atoms with Gasteiger partial charge in [-0.25, -0.2) is 9.07 Å². The second-order valence-electron chi connectivity index (χ2n) is 9.35. The summed E-state index contributed by atoms with van der Waals surface area (Å²) in [7, 11) is 1.85. The van der Waals surface area contributed by atoms with E-state index in [0.717, 1.165) is 36.2 Å². The van der Waals surface area contributed by atoms with Crippen LogP contribution in [0.15, 0.2) is 54.6 Å². The number of nitrogens with zero attached hydrogens (tertiary/aromatic N) is 3. The van der Waals surface area contributed by atoms with Crippen LogP contribution in [0.1, 0.15) is 39.2 Å². The van der Waals surface area contributed by atoms with Gasteiger partial charge >= 0.3 is 0 Å². The fraction of sp³-hybridized carbons (Fsp3) is 0.464. The summed E-state index contributed by atoms with van der Waals surface area (Å²) in [4.78, 5) is 2.22. The summed E-state index contributed by atoms with van der Waals surface area (Å²) in [6.07, 6.45) is 1.46. The van der Waals surface area contributed by atoms with E-state index < -0.39 is 6.10 Å². The predicted octanol–water partition coefficient (Wildman–Crippen LogP) is 5.65. The number of ether oxygens (including phenoxy) is 2. The van der Waals surface area contributed by atoms with Crippen LogP contribution in [0.3, 0.4) is 0 Å². The summed E-state index contributed by atoms with van der Waals surface area (Å²) < 4.78 is 27.0. The van der Waals surface area contributed by atoms with Crippen molar-refractivity contribution in [1.29, 1.82) is 0 Å². The van der Waals surface area contributed by atoms with Crippen molar-refractivity contribution in [2.24, 2.45) is 13.0 Å². The number of rotatable bonds is 14. The highest BCUT2D eigenvalue weighted by Gasteiger charge is 2.24. The fourth-order valence-electron chi connectivity index (χ4n) is 4.02. The SMILES string of the molecule is CCCCOCC(O)CN(Cc1c(-c2ccccc2)nn(C)c1Oc1ccc(F)cc1)CC(C)C. The number of hydrogen-bond acceptors (Lipinski definition) is 5. The van der Waals surface area contributed by atoms with Crippen LogP contribution in [-0.2, 0) is 18.3 Å². The van der Waals surface area contributed by atoms with Crippen LogP contribution in [0.5, 0.6) is 11.6 Å². The third-order valence-electron chi connectivity index (χ3n) is 5.59. The van der Waals surface area contributed by atoms with Crippen LogP contribution in [0, 0.1) is 11.7 Å². The Kier molecular flexibility index (Phi) is 10.3. The fourth-order valence-corrected chi connectivity index (χ4v) is 4.02. The Bertz CT molecular complexity index is 1020. The van der Waals surface area contributed by atoms with E-state index in [-0.39, 0.29) is 5.82 Å². The van der Waals surface area contributed by atoms with Crippen molar-refractivity contribution in [3.63, 3.8) is 0 Å². The Hall–Kier alpha value is -2.74. The molecule has 1 atom stereocenters. The highest BCUT2D eigenvalue weighted by Crippen LogP contribution is 2.34. The molecule has 1 aromatic heterocycles. The molecule has 0 saturated carbocycles. The van der Waals surface area contributed by atoms with Gasteiger partial charge in [0.05, 0.1) is 18.3 Å². The van der Waals surface area contributed by atoms with Crippen molar-refractivity contribution >= 4 is 0 Å². The Morgan fingerprint density at radius 1 is 1.06 bits per heavy atom. The summed E-state index contributed by atoms with van der Waals surface area (Å²) >= 11 is 0. The molecule has 0 saturated heterocycles. The van der Waals surface area contributed by atoms with E-state index in [4.69, 9.17) is 14.6 Å². The number of aliphatic hydroxyl groups is 1. The van der Waals surface area contributed by atoms with Gasteiger partial charge in [0.2, 0.25) is 5.88 Å². The van der Waals surface area contributed by atoms with Gasteiger partial charge in [-0.3, -0.25) is 4.90 Å². The first-order chi connectivity index (χ1) is 16.9. The Labute approximate surface area is 208 Å². The number of aromatic nitrogens is 2. The van der Waals surface area contributed by atoms with Crippen molar-refractivity contribution in [2.45, 2.75) is 46.3 Å². The molecule has 35 heavy (non-hydrogen) atoms. The van der Waals surface area contributed by atoms with Gasteiger partial charge in [-0.2, -0.15) is 5.10 Å². The number of aryl methyl sites for hydroxylation is 1. The minimum absolute atomic E-state index is 0.312. The summed E-state index contributed by atoms with van der Waals surface area (Å²) in [5.74, 6) is 1.22. The first kappa shape index (κ1) is 26.9. The zero-order chi connectivity index (χ0) is 25.2. The number of halogens is 1. The number of unbranched alkanes of at least 4 members (excludes halogenated alkanes) is 1. The molecule has 3 aromatic rings. The van der Waals surface area contributed by atoms with E-state index in [0.29, 0.717) is 43.9 Å². The van der Waals surface area contributed by atoms with Crippen LogP contribution < -0.4 is 4.74 Å². The average molecular weight is 484 g/mol. The van der Waals surface area contributed by atoms with Crippen molar-refractivity contribution < 1.29 is 19.0 Å². The van der Waals surface area contributed by atoms with Crippen LogP contribution >= 0.6 is 0 Å². The van der Waals surface area contributed by atoms with Crippen LogP contribution in [0.4, 0.5) is 4.39 Å². The highest BCUT2D eigenvalue weighted by atomic mass is 19.1. The standard InChI is InChI=1S/C28H38FN3O3/c1-5-6-16-34-20-24(33)18-32(17-21(2)3)19-26-27(22-10-8-7-9-11-22)30-31(4)28(26)35-25-14-12-23(29)13-15-25/h7-15,21,24,33H,5-6,16-20H2,1-4H3. The van der Waals surface area contributed by atoms with Crippen molar-refractivity contribution in [3.8, 4) is 22.9 Å². The molecular weight excluding hydrogens is 445 g/mol. The second-order valence-corrected chi connectivity index (χ2v) is 9.35. The first-order valence-corrected chi connectivity index (χ1v) is 12.4. The summed E-state index contributed by atoms with van der Waals surface area (Å²) in [5.41, 5.74) is 2.73. The molecule has 0 radical (unpaired) electrons. The lowest BCUT2D eigenvalue weighted by Crippen LogP contribution is -2.37. The van der Waals surface area contributed by atoms with Gasteiger partial charge in [0.25, 0.3) is 0 Å². The van der Waals surface area contributed by atoms with Gasteiger partial charge < -0.3 is 14.6 Å². The lowest BCUT2D eigenvalue weighted by atomic mass is 10.1. The minimum Gasteiger partial charge on any atom is -0.439 e. The van der Waals surface area contributed by atoms with Gasteiger partial charge in [-0.1, -0.05) is 57.5 Å². The molecule has 1 heterocycles. The van der Waals surface area contributed by atoms with Crippen molar-refractivity contribution in [1.82, 2.24) is 14.7 Å². The van der Waals surface area contributed by atoms with Gasteiger partial charge in [0.15, 0.2) is 0 Å². The maximum absolute atomic E-state index is 13.4. The van der Waals surface area contributed by atoms with Gasteiger partial charge in [-0.15, -0.1) is 0 Å². The molecule has 7 heteroatoms. The third kappa shape index (κ3) is 8.16. The smallest absolute Gasteiger partial charge is 0.222 e. The van der Waals surface area contributed by atoms with Gasteiger partial charge in [0.1, 0.15) is 17.3 Å². The number of benzene rings is 2. The van der Waals surface area contributed by atoms with Gasteiger partial charge in [-0.05, 0) is 36.6 Å². The topological polar surface area (TPSA) is 59.8 Å².